The monoisotopic (exact) mass is 200 g/mol. The second-order valence-electron chi connectivity index (χ2n) is 3.37. The van der Waals surface area contributed by atoms with E-state index < -0.39 is 0 Å². The molecule has 2 aromatic rings. The normalized spacial score (nSPS) is 10.2. The largest absolute Gasteiger partial charge is 0.384 e. The van der Waals surface area contributed by atoms with Gasteiger partial charge in [0.05, 0.1) is 11.9 Å². The van der Waals surface area contributed by atoms with E-state index in [0.29, 0.717) is 0 Å². The molecule has 0 atom stereocenters. The summed E-state index contributed by atoms with van der Waals surface area (Å²) in [6.07, 6.45) is 1.79. The van der Waals surface area contributed by atoms with E-state index in [1.807, 2.05) is 31.2 Å². The summed E-state index contributed by atoms with van der Waals surface area (Å²) in [5.41, 5.74) is 8.12. The summed E-state index contributed by atoms with van der Waals surface area (Å²) in [4.78, 5) is 7.27. The lowest BCUT2D eigenvalue weighted by molar-refractivity contribution is 1.15. The van der Waals surface area contributed by atoms with Crippen LogP contribution in [0.2, 0.25) is 0 Å². The number of rotatable bonds is 2. The first-order chi connectivity index (χ1) is 7.16. The van der Waals surface area contributed by atoms with Crippen LogP contribution in [0, 0.1) is 12.3 Å². The smallest absolute Gasteiger partial charge is 0.122 e. The third-order valence-corrected chi connectivity index (χ3v) is 2.21. The molecule has 4 N–H and O–H groups in total. The van der Waals surface area contributed by atoms with Crippen molar-refractivity contribution in [2.45, 2.75) is 6.92 Å². The molecular formula is C11H12N4. The zero-order valence-electron chi connectivity index (χ0n) is 8.41. The average Bonchev–Trinajstić information content (AvgIpc) is 2.65. The van der Waals surface area contributed by atoms with Crippen LogP contribution in [0.25, 0.3) is 11.3 Å². The molecule has 0 unspecified atom stereocenters. The fraction of sp³-hybridized carbons (Fsp3) is 0.0909. The Morgan fingerprint density at radius 2 is 2.00 bits per heavy atom. The van der Waals surface area contributed by atoms with E-state index in [0.717, 1.165) is 22.6 Å². The van der Waals surface area contributed by atoms with Crippen LogP contribution in [-0.4, -0.2) is 15.8 Å². The molecule has 0 saturated carbocycles. The number of aromatic nitrogens is 2. The number of H-pyrrole nitrogens is 1. The quantitative estimate of drug-likeness (QED) is 0.509. The Balaban J connectivity index is 2.35. The summed E-state index contributed by atoms with van der Waals surface area (Å²) >= 11 is 0. The molecule has 4 heteroatoms. The van der Waals surface area contributed by atoms with Crippen LogP contribution in [0.4, 0.5) is 0 Å². The van der Waals surface area contributed by atoms with Crippen molar-refractivity contribution in [1.29, 1.82) is 5.41 Å². The number of nitrogens with two attached hydrogens (primary N) is 1. The number of hydrogen-bond acceptors (Lipinski definition) is 2. The van der Waals surface area contributed by atoms with Gasteiger partial charge in [-0.1, -0.05) is 24.3 Å². The first-order valence-corrected chi connectivity index (χ1v) is 4.63. The molecule has 0 bridgehead atoms. The van der Waals surface area contributed by atoms with Crippen LogP contribution in [0.15, 0.2) is 30.5 Å². The predicted molar refractivity (Wildman–Crippen MR) is 59.8 cm³/mol. The van der Waals surface area contributed by atoms with Crippen molar-refractivity contribution in [1.82, 2.24) is 9.97 Å². The minimum atomic E-state index is 0.0855. The number of nitrogen functional groups attached to an aromatic ring is 1. The van der Waals surface area contributed by atoms with Gasteiger partial charge in [0.15, 0.2) is 0 Å². The number of benzene rings is 1. The van der Waals surface area contributed by atoms with Crippen molar-refractivity contribution in [2.24, 2.45) is 5.73 Å². The van der Waals surface area contributed by atoms with Gasteiger partial charge in [0.1, 0.15) is 11.7 Å². The molecule has 0 aliphatic heterocycles. The Hall–Kier alpha value is -2.10. The fourth-order valence-electron chi connectivity index (χ4n) is 1.40. The summed E-state index contributed by atoms with van der Waals surface area (Å²) < 4.78 is 0. The topological polar surface area (TPSA) is 78.6 Å². The zero-order chi connectivity index (χ0) is 10.8. The number of amidine groups is 1. The number of hydrogen-bond donors (Lipinski definition) is 3. The SMILES string of the molecule is Cc1ncc(-c2ccc(C(=N)N)cc2)[nH]1. The first kappa shape index (κ1) is 9.45. The minimum Gasteiger partial charge on any atom is -0.384 e. The summed E-state index contributed by atoms with van der Waals surface area (Å²) in [5.74, 6) is 0.975. The van der Waals surface area contributed by atoms with Crippen molar-refractivity contribution in [2.75, 3.05) is 0 Å². The third-order valence-electron chi connectivity index (χ3n) is 2.21. The summed E-state index contributed by atoms with van der Waals surface area (Å²) in [6.45, 7) is 1.91. The van der Waals surface area contributed by atoms with E-state index in [9.17, 15) is 0 Å². The van der Waals surface area contributed by atoms with E-state index in [1.165, 1.54) is 0 Å². The fourth-order valence-corrected chi connectivity index (χ4v) is 1.40. The van der Waals surface area contributed by atoms with Crippen molar-refractivity contribution in [3.05, 3.63) is 41.9 Å². The van der Waals surface area contributed by atoms with Crippen LogP contribution in [0.5, 0.6) is 0 Å². The molecule has 4 nitrogen and oxygen atoms in total. The van der Waals surface area contributed by atoms with Crippen molar-refractivity contribution < 1.29 is 0 Å². The van der Waals surface area contributed by atoms with Gasteiger partial charge < -0.3 is 10.7 Å². The Bertz CT molecular complexity index is 482. The standard InChI is InChI=1S/C11H12N4/c1-7-14-6-10(15-7)8-2-4-9(5-3-8)11(12)13/h2-6H,1H3,(H3,12,13)(H,14,15). The predicted octanol–water partition coefficient (Wildman–Crippen LogP) is 1.67. The van der Waals surface area contributed by atoms with Crippen LogP contribution in [-0.2, 0) is 0 Å². The van der Waals surface area contributed by atoms with Crippen molar-refractivity contribution >= 4 is 5.84 Å². The number of imidazole rings is 1. The molecule has 0 saturated heterocycles. The van der Waals surface area contributed by atoms with Gasteiger partial charge in [-0.05, 0) is 12.5 Å². The lowest BCUT2D eigenvalue weighted by atomic mass is 10.1. The Labute approximate surface area is 87.7 Å². The molecule has 15 heavy (non-hydrogen) atoms. The van der Waals surface area contributed by atoms with Gasteiger partial charge in [-0.15, -0.1) is 0 Å². The molecule has 1 aromatic carbocycles. The van der Waals surface area contributed by atoms with Gasteiger partial charge in [-0.25, -0.2) is 4.98 Å². The summed E-state index contributed by atoms with van der Waals surface area (Å²) in [7, 11) is 0. The molecule has 76 valence electrons. The molecule has 0 aliphatic carbocycles. The number of aromatic amines is 1. The van der Waals surface area contributed by atoms with Crippen LogP contribution < -0.4 is 5.73 Å². The molecule has 2 rings (SSSR count). The number of nitrogens with zero attached hydrogens (tertiary/aromatic N) is 1. The van der Waals surface area contributed by atoms with Crippen LogP contribution in [0.1, 0.15) is 11.4 Å². The highest BCUT2D eigenvalue weighted by atomic mass is 14.9. The summed E-state index contributed by atoms with van der Waals surface area (Å²) in [5, 5.41) is 7.27. The van der Waals surface area contributed by atoms with E-state index in [1.54, 1.807) is 6.20 Å². The number of nitrogens with one attached hydrogen (secondary N) is 2. The van der Waals surface area contributed by atoms with E-state index in [4.69, 9.17) is 11.1 Å². The molecule has 0 radical (unpaired) electrons. The second kappa shape index (κ2) is 3.57. The Morgan fingerprint density at radius 3 is 2.47 bits per heavy atom. The highest BCUT2D eigenvalue weighted by Gasteiger charge is 2.01. The highest BCUT2D eigenvalue weighted by molar-refractivity contribution is 5.95. The first-order valence-electron chi connectivity index (χ1n) is 4.63. The van der Waals surface area contributed by atoms with Crippen molar-refractivity contribution in [3.63, 3.8) is 0 Å². The van der Waals surface area contributed by atoms with Gasteiger partial charge >= 0.3 is 0 Å². The summed E-state index contributed by atoms with van der Waals surface area (Å²) in [6, 6.07) is 7.50. The molecule has 0 amide bonds. The molecule has 0 aliphatic rings. The lowest BCUT2D eigenvalue weighted by Crippen LogP contribution is -2.10. The second-order valence-corrected chi connectivity index (χ2v) is 3.37. The molecule has 0 spiro atoms. The highest BCUT2D eigenvalue weighted by Crippen LogP contribution is 2.17. The minimum absolute atomic E-state index is 0.0855. The lowest BCUT2D eigenvalue weighted by Gasteiger charge is -2.00. The van der Waals surface area contributed by atoms with Gasteiger partial charge in [-0.2, -0.15) is 0 Å². The number of aryl methyl sites for hydroxylation is 1. The van der Waals surface area contributed by atoms with E-state index in [2.05, 4.69) is 9.97 Å². The van der Waals surface area contributed by atoms with Gasteiger partial charge in [0, 0.05) is 5.56 Å². The van der Waals surface area contributed by atoms with Crippen LogP contribution in [0.3, 0.4) is 0 Å². The van der Waals surface area contributed by atoms with E-state index >= 15 is 0 Å². The third kappa shape index (κ3) is 1.88. The average molecular weight is 200 g/mol. The molecule has 0 fully saturated rings. The molecular weight excluding hydrogens is 188 g/mol. The van der Waals surface area contributed by atoms with Gasteiger partial charge in [-0.3, -0.25) is 5.41 Å². The maximum Gasteiger partial charge on any atom is 0.122 e. The van der Waals surface area contributed by atoms with Crippen LogP contribution >= 0.6 is 0 Å². The maximum absolute atomic E-state index is 7.27. The Kier molecular flexibility index (Phi) is 2.25. The van der Waals surface area contributed by atoms with Gasteiger partial charge in [0.25, 0.3) is 0 Å². The zero-order valence-corrected chi connectivity index (χ0v) is 8.41. The maximum atomic E-state index is 7.27. The van der Waals surface area contributed by atoms with E-state index in [-0.39, 0.29) is 5.84 Å². The van der Waals surface area contributed by atoms with Crippen molar-refractivity contribution in [3.8, 4) is 11.3 Å². The van der Waals surface area contributed by atoms with Gasteiger partial charge in [0.2, 0.25) is 0 Å². The molecule has 1 heterocycles. The molecule has 1 aromatic heterocycles. The Morgan fingerprint density at radius 1 is 1.33 bits per heavy atom.